The van der Waals surface area contributed by atoms with Gasteiger partial charge >= 0.3 is 6.18 Å². The van der Waals surface area contributed by atoms with E-state index in [9.17, 15) is 18.0 Å². The molecule has 138 valence electrons. The van der Waals surface area contributed by atoms with Crippen LogP contribution in [0.5, 0.6) is 5.75 Å². The lowest BCUT2D eigenvalue weighted by molar-refractivity contribution is -0.137. The van der Waals surface area contributed by atoms with Crippen LogP contribution in [0.1, 0.15) is 31.4 Å². The van der Waals surface area contributed by atoms with Gasteiger partial charge in [-0.25, -0.2) is 0 Å². The van der Waals surface area contributed by atoms with E-state index in [-0.39, 0.29) is 17.6 Å². The van der Waals surface area contributed by atoms with E-state index >= 15 is 0 Å². The number of nitriles is 1. The normalized spacial score (nSPS) is 12.6. The lowest BCUT2D eigenvalue weighted by Crippen LogP contribution is -2.40. The number of nitrogens with one attached hydrogen (secondary N) is 1. The molecular weight excluding hydrogens is 353 g/mol. The minimum Gasteiger partial charge on any atom is -0.481 e. The molecule has 4 nitrogen and oxygen atoms in total. The lowest BCUT2D eigenvalue weighted by Gasteiger charge is -2.21. The predicted molar refractivity (Wildman–Crippen MR) is 91.4 cm³/mol. The molecule has 0 radical (unpaired) electrons. The Kier molecular flexibility index (Phi) is 8.10. The number of benzene rings is 1. The molecule has 1 aromatic carbocycles. The topological polar surface area (TPSA) is 62.1 Å². The number of hydrogen-bond donors (Lipinski definition) is 1. The zero-order valence-electron chi connectivity index (χ0n) is 14.3. The maximum absolute atomic E-state index is 13.0. The van der Waals surface area contributed by atoms with Crippen LogP contribution in [-0.2, 0) is 11.0 Å². The number of alkyl halides is 3. The van der Waals surface area contributed by atoms with Crippen molar-refractivity contribution in [3.63, 3.8) is 0 Å². The summed E-state index contributed by atoms with van der Waals surface area (Å²) in [5, 5.41) is 11.5. The van der Waals surface area contributed by atoms with Gasteiger partial charge in [-0.1, -0.05) is 13.8 Å². The Bertz CT molecular complexity index is 627. The standard InChI is InChI=1S/C17H21F3N2O2S/c1-11(2)8-15(16(23)22-6-7-25-3)24-13-5-4-12(10-21)14(9-13)17(18,19)20/h4-5,9,11,15H,6-8H2,1-3H3,(H,22,23). The predicted octanol–water partition coefficient (Wildman–Crippen LogP) is 3.85. The minimum absolute atomic E-state index is 0.0861. The van der Waals surface area contributed by atoms with Gasteiger partial charge in [0.25, 0.3) is 5.91 Å². The van der Waals surface area contributed by atoms with Gasteiger partial charge in [-0.2, -0.15) is 30.2 Å². The molecule has 0 aliphatic heterocycles. The van der Waals surface area contributed by atoms with Crippen molar-refractivity contribution in [3.8, 4) is 11.8 Å². The molecule has 8 heteroatoms. The largest absolute Gasteiger partial charge is 0.481 e. The Morgan fingerprint density at radius 1 is 1.40 bits per heavy atom. The first-order chi connectivity index (χ1) is 11.7. The first-order valence-corrected chi connectivity index (χ1v) is 9.13. The second-order valence-corrected chi connectivity index (χ2v) is 6.82. The molecule has 1 N–H and O–H groups in total. The zero-order valence-corrected chi connectivity index (χ0v) is 15.1. The van der Waals surface area contributed by atoms with E-state index in [0.29, 0.717) is 13.0 Å². The molecule has 0 aliphatic rings. The molecule has 1 unspecified atom stereocenters. The van der Waals surface area contributed by atoms with Gasteiger partial charge in [0.05, 0.1) is 17.2 Å². The number of rotatable bonds is 8. The molecule has 0 aliphatic carbocycles. The van der Waals surface area contributed by atoms with Crippen LogP contribution in [0.15, 0.2) is 18.2 Å². The van der Waals surface area contributed by atoms with Crippen molar-refractivity contribution in [2.24, 2.45) is 5.92 Å². The van der Waals surface area contributed by atoms with Gasteiger partial charge in [0.2, 0.25) is 0 Å². The summed E-state index contributed by atoms with van der Waals surface area (Å²) in [5.41, 5.74) is -1.55. The van der Waals surface area contributed by atoms with Gasteiger partial charge in [-0.05, 0) is 36.8 Å². The molecule has 0 saturated heterocycles. The SMILES string of the molecule is CSCCNC(=O)C(CC(C)C)Oc1ccc(C#N)c(C(F)(F)F)c1. The molecule has 0 bridgehead atoms. The molecule has 0 aromatic heterocycles. The number of nitrogens with zero attached hydrogens (tertiary/aromatic N) is 1. The third-order valence-electron chi connectivity index (χ3n) is 3.28. The fourth-order valence-electron chi connectivity index (χ4n) is 2.12. The van der Waals surface area contributed by atoms with E-state index in [1.54, 1.807) is 11.8 Å². The smallest absolute Gasteiger partial charge is 0.417 e. The van der Waals surface area contributed by atoms with Crippen molar-refractivity contribution >= 4 is 17.7 Å². The average Bonchev–Trinajstić information content (AvgIpc) is 2.53. The highest BCUT2D eigenvalue weighted by Crippen LogP contribution is 2.34. The lowest BCUT2D eigenvalue weighted by atomic mass is 10.0. The molecule has 1 atom stereocenters. The van der Waals surface area contributed by atoms with Gasteiger partial charge in [-0.15, -0.1) is 0 Å². The quantitative estimate of drug-likeness (QED) is 0.702. The van der Waals surface area contributed by atoms with Crippen LogP contribution in [-0.4, -0.2) is 30.6 Å². The van der Waals surface area contributed by atoms with Crippen LogP contribution in [0.25, 0.3) is 0 Å². The number of thioether (sulfide) groups is 1. The average molecular weight is 374 g/mol. The maximum Gasteiger partial charge on any atom is 0.417 e. The Hall–Kier alpha value is -1.88. The van der Waals surface area contributed by atoms with Crippen LogP contribution in [0.2, 0.25) is 0 Å². The Balaban J connectivity index is 3.00. The minimum atomic E-state index is -4.67. The molecule has 1 amide bonds. The van der Waals surface area contributed by atoms with Gasteiger partial charge in [0.1, 0.15) is 5.75 Å². The number of hydrogen-bond acceptors (Lipinski definition) is 4. The van der Waals surface area contributed by atoms with Crippen molar-refractivity contribution in [3.05, 3.63) is 29.3 Å². The summed E-state index contributed by atoms with van der Waals surface area (Å²) in [6, 6.07) is 4.61. The van der Waals surface area contributed by atoms with E-state index < -0.39 is 23.4 Å². The van der Waals surface area contributed by atoms with E-state index in [4.69, 9.17) is 10.00 Å². The summed E-state index contributed by atoms with van der Waals surface area (Å²) in [6.45, 7) is 4.25. The van der Waals surface area contributed by atoms with E-state index in [2.05, 4.69) is 5.32 Å². The highest BCUT2D eigenvalue weighted by atomic mass is 32.2. The summed E-state index contributed by atoms with van der Waals surface area (Å²) in [5.74, 6) is 0.407. The van der Waals surface area contributed by atoms with Crippen molar-refractivity contribution in [2.45, 2.75) is 32.5 Å². The molecule has 1 rings (SSSR count). The highest BCUT2D eigenvalue weighted by molar-refractivity contribution is 7.98. The molecule has 0 fully saturated rings. The van der Waals surface area contributed by atoms with Gasteiger partial charge in [0.15, 0.2) is 6.10 Å². The van der Waals surface area contributed by atoms with Crippen molar-refractivity contribution in [2.75, 3.05) is 18.6 Å². The fourth-order valence-corrected chi connectivity index (χ4v) is 2.43. The van der Waals surface area contributed by atoms with Gasteiger partial charge < -0.3 is 10.1 Å². The van der Waals surface area contributed by atoms with Crippen LogP contribution < -0.4 is 10.1 Å². The third-order valence-corrected chi connectivity index (χ3v) is 3.89. The zero-order chi connectivity index (χ0) is 19.0. The third kappa shape index (κ3) is 6.86. The Morgan fingerprint density at radius 3 is 2.60 bits per heavy atom. The first kappa shape index (κ1) is 21.2. The number of halogens is 3. The van der Waals surface area contributed by atoms with Crippen molar-refractivity contribution in [1.29, 1.82) is 5.26 Å². The second-order valence-electron chi connectivity index (χ2n) is 5.84. The van der Waals surface area contributed by atoms with Crippen LogP contribution in [0.4, 0.5) is 13.2 Å². The summed E-state index contributed by atoms with van der Waals surface area (Å²) >= 11 is 1.57. The molecule has 0 saturated carbocycles. The van der Waals surface area contributed by atoms with E-state index in [1.165, 1.54) is 12.1 Å². The second kappa shape index (κ2) is 9.56. The molecule has 0 heterocycles. The maximum atomic E-state index is 13.0. The Labute approximate surface area is 149 Å². The van der Waals surface area contributed by atoms with Crippen LogP contribution in [0.3, 0.4) is 0 Å². The van der Waals surface area contributed by atoms with Crippen molar-refractivity contribution in [1.82, 2.24) is 5.32 Å². The van der Waals surface area contributed by atoms with Gasteiger partial charge in [-0.3, -0.25) is 4.79 Å². The fraction of sp³-hybridized carbons (Fsp3) is 0.529. The van der Waals surface area contributed by atoms with Crippen LogP contribution in [0, 0.1) is 17.2 Å². The first-order valence-electron chi connectivity index (χ1n) is 7.73. The molecular formula is C17H21F3N2O2S. The number of carbonyl (C=O) groups is 1. The van der Waals surface area contributed by atoms with Crippen molar-refractivity contribution < 1.29 is 22.7 Å². The summed E-state index contributed by atoms with van der Waals surface area (Å²) in [6.07, 6.45) is -3.29. The number of ether oxygens (including phenoxy) is 1. The number of carbonyl (C=O) groups excluding carboxylic acids is 1. The molecule has 25 heavy (non-hydrogen) atoms. The van der Waals surface area contributed by atoms with E-state index in [0.717, 1.165) is 17.9 Å². The summed E-state index contributed by atoms with van der Waals surface area (Å²) < 4.78 is 44.6. The highest BCUT2D eigenvalue weighted by Gasteiger charge is 2.34. The summed E-state index contributed by atoms with van der Waals surface area (Å²) in [7, 11) is 0. The molecule has 1 aromatic rings. The summed E-state index contributed by atoms with van der Waals surface area (Å²) in [4.78, 5) is 12.2. The number of amides is 1. The van der Waals surface area contributed by atoms with Crippen LogP contribution >= 0.6 is 11.8 Å². The molecule has 0 spiro atoms. The Morgan fingerprint density at radius 2 is 2.08 bits per heavy atom. The van der Waals surface area contributed by atoms with Gasteiger partial charge in [0, 0.05) is 12.3 Å². The monoisotopic (exact) mass is 374 g/mol. The van der Waals surface area contributed by atoms with E-state index in [1.807, 2.05) is 20.1 Å².